The first-order valence-corrected chi connectivity index (χ1v) is 14.6. The molecule has 2 amide bonds. The maximum atomic E-state index is 13.9. The zero-order valence-electron chi connectivity index (χ0n) is 24.1. The maximum absolute atomic E-state index is 13.9. The van der Waals surface area contributed by atoms with Gasteiger partial charge >= 0.3 is 6.09 Å². The second kappa shape index (κ2) is 13.2. The second-order valence-corrected chi connectivity index (χ2v) is 12.1. The van der Waals surface area contributed by atoms with E-state index in [0.29, 0.717) is 30.0 Å². The molecule has 1 heterocycles. The first-order valence-electron chi connectivity index (χ1n) is 14.6. The van der Waals surface area contributed by atoms with Gasteiger partial charge < -0.3 is 29.5 Å². The number of piperidine rings is 1. The number of hydrogen-bond donors (Lipinski definition) is 2. The first kappa shape index (κ1) is 29.5. The minimum Gasteiger partial charge on any atom is -0.497 e. The smallest absolute Gasteiger partial charge is 0.407 e. The molecule has 39 heavy (non-hydrogen) atoms. The Balaban J connectivity index is 1.45. The second-order valence-electron chi connectivity index (χ2n) is 12.1. The Bertz CT molecular complexity index is 974. The molecule has 218 valence electrons. The van der Waals surface area contributed by atoms with Crippen molar-refractivity contribution in [2.45, 2.75) is 102 Å². The van der Waals surface area contributed by atoms with E-state index in [-0.39, 0.29) is 31.7 Å². The Morgan fingerprint density at radius 1 is 1.13 bits per heavy atom. The third kappa shape index (κ3) is 8.01. The molecular weight excluding hydrogens is 498 g/mol. The molecule has 0 aromatic heterocycles. The third-order valence-corrected chi connectivity index (χ3v) is 8.06. The number of aliphatic hydroxyl groups excluding tert-OH is 1. The molecule has 3 atom stereocenters. The highest BCUT2D eigenvalue weighted by Gasteiger charge is 2.43. The molecule has 1 aromatic rings. The fourth-order valence-corrected chi connectivity index (χ4v) is 6.07. The third-order valence-electron chi connectivity index (χ3n) is 8.06. The summed E-state index contributed by atoms with van der Waals surface area (Å²) < 4.78 is 16.8. The number of ether oxygens (including phenoxy) is 3. The number of nitrogens with zero attached hydrogens (tertiary/aromatic N) is 2. The topological polar surface area (TPSA) is 101 Å². The Morgan fingerprint density at radius 2 is 1.87 bits per heavy atom. The average molecular weight is 546 g/mol. The van der Waals surface area contributed by atoms with E-state index in [0.717, 1.165) is 37.8 Å². The number of methoxy groups -OCH3 is 1. The van der Waals surface area contributed by atoms with Crippen molar-refractivity contribution in [3.8, 4) is 11.5 Å². The lowest BCUT2D eigenvalue weighted by atomic mass is 9.78. The Hall–Kier alpha value is -2.52. The lowest BCUT2D eigenvalue weighted by molar-refractivity contribution is -0.145. The van der Waals surface area contributed by atoms with Crippen molar-refractivity contribution in [2.75, 3.05) is 33.4 Å². The summed E-state index contributed by atoms with van der Waals surface area (Å²) in [6.07, 6.45) is 8.52. The van der Waals surface area contributed by atoms with Gasteiger partial charge in [-0.05, 0) is 71.3 Å². The lowest BCUT2D eigenvalue weighted by Crippen LogP contribution is -2.57. The summed E-state index contributed by atoms with van der Waals surface area (Å²) in [5.74, 6) is 1.97. The fraction of sp³-hybridized carbons (Fsp3) is 0.733. The van der Waals surface area contributed by atoms with E-state index < -0.39 is 17.7 Å². The number of carbonyl (C=O) groups excluding carboxylic acids is 2. The van der Waals surface area contributed by atoms with E-state index in [1.54, 1.807) is 7.11 Å². The molecule has 0 bridgehead atoms. The zero-order chi connectivity index (χ0) is 28.0. The molecule has 3 aliphatic rings. The maximum Gasteiger partial charge on any atom is 0.407 e. The van der Waals surface area contributed by atoms with E-state index in [1.165, 1.54) is 25.7 Å². The molecule has 0 unspecified atom stereocenters. The van der Waals surface area contributed by atoms with Gasteiger partial charge in [-0.1, -0.05) is 18.9 Å². The van der Waals surface area contributed by atoms with Crippen molar-refractivity contribution in [3.05, 3.63) is 23.8 Å². The molecule has 9 nitrogen and oxygen atoms in total. The number of rotatable bonds is 11. The fourth-order valence-electron chi connectivity index (χ4n) is 6.07. The van der Waals surface area contributed by atoms with Crippen LogP contribution in [0.25, 0.3) is 0 Å². The minimum atomic E-state index is -0.568. The summed E-state index contributed by atoms with van der Waals surface area (Å²) in [6.45, 7) is 7.07. The standard InChI is InChI=1S/C30H47N3O6/c1-30(2,3)39-29(36)31-15-17-38-27-18-24(37-4)14-11-22(27)19-33(23-12-13-23)26(20-34)28(35)32-16-7-9-21-8-5-6-10-25(21)32/h11,14,18,21,23,25-26,34H,5-10,12-13,15-17,19-20H2,1-4H3,(H,31,36)/t21-,25+,26-/m1/s1. The van der Waals surface area contributed by atoms with Gasteiger partial charge in [0, 0.05) is 36.8 Å². The summed E-state index contributed by atoms with van der Waals surface area (Å²) in [5.41, 5.74) is 0.352. The molecule has 2 aliphatic carbocycles. The average Bonchev–Trinajstić information content (AvgIpc) is 3.75. The molecule has 1 aromatic carbocycles. The number of fused-ring (bicyclic) bond motifs is 1. The predicted octanol–water partition coefficient (Wildman–Crippen LogP) is 4.11. The van der Waals surface area contributed by atoms with E-state index in [4.69, 9.17) is 14.2 Å². The van der Waals surface area contributed by atoms with Crippen molar-refractivity contribution >= 4 is 12.0 Å². The van der Waals surface area contributed by atoms with Gasteiger partial charge in [0.2, 0.25) is 5.91 Å². The van der Waals surface area contributed by atoms with Gasteiger partial charge in [0.05, 0.1) is 20.3 Å². The van der Waals surface area contributed by atoms with Crippen molar-refractivity contribution < 1.29 is 28.9 Å². The lowest BCUT2D eigenvalue weighted by Gasteiger charge is -2.46. The van der Waals surface area contributed by atoms with Crippen molar-refractivity contribution in [1.29, 1.82) is 0 Å². The number of alkyl carbamates (subject to hydrolysis) is 1. The summed E-state index contributed by atoms with van der Waals surface area (Å²) in [7, 11) is 1.61. The minimum absolute atomic E-state index is 0.0681. The van der Waals surface area contributed by atoms with Crippen LogP contribution in [0, 0.1) is 5.92 Å². The highest BCUT2D eigenvalue weighted by Crippen LogP contribution is 2.38. The number of amides is 2. The van der Waals surface area contributed by atoms with Crippen molar-refractivity contribution in [3.63, 3.8) is 0 Å². The molecule has 0 spiro atoms. The van der Waals surface area contributed by atoms with Gasteiger partial charge in [-0.15, -0.1) is 0 Å². The SMILES string of the molecule is COc1ccc(CN(C2CC2)[C@H](CO)C(=O)N2CCC[C@H]3CCCC[C@@H]32)c(OCCNC(=O)OC(C)(C)C)c1. The molecule has 2 N–H and O–H groups in total. The van der Waals surface area contributed by atoms with Crippen molar-refractivity contribution in [1.82, 2.24) is 15.1 Å². The van der Waals surface area contributed by atoms with Crippen LogP contribution in [-0.2, 0) is 16.1 Å². The summed E-state index contributed by atoms with van der Waals surface area (Å²) >= 11 is 0. The number of nitrogens with one attached hydrogen (secondary N) is 1. The monoisotopic (exact) mass is 545 g/mol. The van der Waals surface area contributed by atoms with E-state index in [9.17, 15) is 14.7 Å². The Morgan fingerprint density at radius 3 is 2.56 bits per heavy atom. The van der Waals surface area contributed by atoms with Crippen LogP contribution in [0.4, 0.5) is 4.79 Å². The van der Waals surface area contributed by atoms with Gasteiger partial charge in [0.15, 0.2) is 0 Å². The Labute approximate surface area is 233 Å². The van der Waals surface area contributed by atoms with Crippen LogP contribution in [0.2, 0.25) is 0 Å². The van der Waals surface area contributed by atoms with Gasteiger partial charge in [-0.2, -0.15) is 0 Å². The summed E-state index contributed by atoms with van der Waals surface area (Å²) in [4.78, 5) is 30.2. The predicted molar refractivity (Wildman–Crippen MR) is 149 cm³/mol. The van der Waals surface area contributed by atoms with Crippen LogP contribution in [0.3, 0.4) is 0 Å². The molecule has 2 saturated carbocycles. The molecule has 3 fully saturated rings. The number of aliphatic hydroxyl groups is 1. The molecular formula is C30H47N3O6. The quantitative estimate of drug-likeness (QED) is 0.404. The van der Waals surface area contributed by atoms with Crippen LogP contribution in [0.5, 0.6) is 11.5 Å². The zero-order valence-corrected chi connectivity index (χ0v) is 24.1. The van der Waals surface area contributed by atoms with Crippen LogP contribution in [0.15, 0.2) is 18.2 Å². The number of hydrogen-bond acceptors (Lipinski definition) is 7. The first-order chi connectivity index (χ1) is 18.7. The van der Waals surface area contributed by atoms with E-state index >= 15 is 0 Å². The number of benzene rings is 1. The van der Waals surface area contributed by atoms with Crippen LogP contribution >= 0.6 is 0 Å². The molecule has 1 aliphatic heterocycles. The van der Waals surface area contributed by atoms with E-state index in [1.807, 2.05) is 39.0 Å². The highest BCUT2D eigenvalue weighted by atomic mass is 16.6. The van der Waals surface area contributed by atoms with Gasteiger partial charge in [-0.25, -0.2) is 4.79 Å². The summed E-state index contributed by atoms with van der Waals surface area (Å²) in [5, 5.41) is 13.2. The van der Waals surface area contributed by atoms with Gasteiger partial charge in [0.1, 0.15) is 29.7 Å². The van der Waals surface area contributed by atoms with Gasteiger partial charge in [0.25, 0.3) is 0 Å². The molecule has 0 radical (unpaired) electrons. The van der Waals surface area contributed by atoms with Crippen LogP contribution in [-0.4, -0.2) is 84.0 Å². The molecule has 4 rings (SSSR count). The molecule has 9 heteroatoms. The number of likely N-dealkylation sites (tertiary alicyclic amines) is 1. The van der Waals surface area contributed by atoms with E-state index in [2.05, 4.69) is 15.1 Å². The van der Waals surface area contributed by atoms with Crippen LogP contribution in [0.1, 0.15) is 77.7 Å². The Kier molecular flexibility index (Phi) is 9.99. The number of carbonyl (C=O) groups is 2. The molecule has 1 saturated heterocycles. The highest BCUT2D eigenvalue weighted by molar-refractivity contribution is 5.82. The van der Waals surface area contributed by atoms with Crippen LogP contribution < -0.4 is 14.8 Å². The van der Waals surface area contributed by atoms with Crippen molar-refractivity contribution in [2.24, 2.45) is 5.92 Å². The summed E-state index contributed by atoms with van der Waals surface area (Å²) in [6, 6.07) is 5.69. The van der Waals surface area contributed by atoms with Gasteiger partial charge in [-0.3, -0.25) is 9.69 Å². The normalized spacial score (nSPS) is 22.2. The largest absolute Gasteiger partial charge is 0.497 e.